The first-order chi connectivity index (χ1) is 13.6. The molecule has 0 radical (unpaired) electrons. The number of amides is 1. The summed E-state index contributed by atoms with van der Waals surface area (Å²) < 4.78 is 8.53. The Morgan fingerprint density at radius 2 is 1.64 bits per heavy atom. The third-order valence-corrected chi connectivity index (χ3v) is 4.84. The van der Waals surface area contributed by atoms with Crippen LogP contribution in [-0.4, -0.2) is 19.9 Å². The highest BCUT2D eigenvalue weighted by Gasteiger charge is 2.19. The number of benzene rings is 2. The molecule has 0 saturated carbocycles. The van der Waals surface area contributed by atoms with Gasteiger partial charge in [-0.3, -0.25) is 13.9 Å². The van der Waals surface area contributed by atoms with Gasteiger partial charge in [0.2, 0.25) is 5.91 Å². The molecule has 2 aromatic heterocycles. The summed E-state index contributed by atoms with van der Waals surface area (Å²) in [6.07, 6.45) is 1.59. The Bertz CT molecular complexity index is 1140. The molecule has 0 spiro atoms. The van der Waals surface area contributed by atoms with E-state index in [1.165, 1.54) is 4.57 Å². The van der Waals surface area contributed by atoms with E-state index < -0.39 is 0 Å². The molecule has 28 heavy (non-hydrogen) atoms. The van der Waals surface area contributed by atoms with Crippen LogP contribution in [0, 0.1) is 0 Å². The fourth-order valence-corrected chi connectivity index (χ4v) is 3.38. The van der Waals surface area contributed by atoms with Crippen molar-refractivity contribution in [1.29, 1.82) is 0 Å². The second-order valence-electron chi connectivity index (χ2n) is 6.73. The van der Waals surface area contributed by atoms with Crippen molar-refractivity contribution in [3.8, 4) is 0 Å². The number of rotatable bonds is 6. The molecule has 0 aliphatic heterocycles. The number of carbonyl (C=O) groups is 1. The van der Waals surface area contributed by atoms with E-state index in [-0.39, 0.29) is 18.1 Å². The van der Waals surface area contributed by atoms with Crippen molar-refractivity contribution in [1.82, 2.24) is 14.0 Å². The molecule has 0 aliphatic carbocycles. The molecule has 1 amide bonds. The molecule has 2 aromatic carbocycles. The summed E-state index contributed by atoms with van der Waals surface area (Å²) in [5, 5.41) is 0. The number of hydrogen-bond acceptors (Lipinski definition) is 3. The van der Waals surface area contributed by atoms with E-state index in [1.54, 1.807) is 28.8 Å². The van der Waals surface area contributed by atoms with E-state index in [2.05, 4.69) is 0 Å². The number of nitrogens with zero attached hydrogens (tertiary/aromatic N) is 3. The molecular weight excluding hydrogens is 354 g/mol. The normalized spacial score (nSPS) is 11.0. The van der Waals surface area contributed by atoms with Gasteiger partial charge in [-0.25, -0.2) is 4.79 Å². The summed E-state index contributed by atoms with van der Waals surface area (Å²) in [6.45, 7) is 0.772. The van der Waals surface area contributed by atoms with E-state index in [4.69, 9.17) is 4.42 Å². The highest BCUT2D eigenvalue weighted by Crippen LogP contribution is 2.14. The third kappa shape index (κ3) is 3.49. The molecule has 2 heterocycles. The van der Waals surface area contributed by atoms with Gasteiger partial charge in [-0.15, -0.1) is 0 Å². The molecule has 142 valence electrons. The number of imidazole rings is 1. The Morgan fingerprint density at radius 3 is 2.36 bits per heavy atom. The Labute approximate surface area is 162 Å². The van der Waals surface area contributed by atoms with Gasteiger partial charge in [-0.1, -0.05) is 42.5 Å². The molecule has 0 bridgehead atoms. The van der Waals surface area contributed by atoms with Crippen LogP contribution < -0.4 is 5.69 Å². The fourth-order valence-electron chi connectivity index (χ4n) is 3.38. The highest BCUT2D eigenvalue weighted by molar-refractivity contribution is 5.81. The largest absolute Gasteiger partial charge is 0.467 e. The number of fused-ring (bicyclic) bond motifs is 1. The van der Waals surface area contributed by atoms with Gasteiger partial charge in [0.1, 0.15) is 12.3 Å². The summed E-state index contributed by atoms with van der Waals surface area (Å²) in [5.41, 5.74) is 2.38. The van der Waals surface area contributed by atoms with Gasteiger partial charge >= 0.3 is 5.69 Å². The number of aromatic nitrogens is 2. The number of furan rings is 1. The monoisotopic (exact) mass is 375 g/mol. The predicted molar refractivity (Wildman–Crippen MR) is 107 cm³/mol. The van der Waals surface area contributed by atoms with Crippen molar-refractivity contribution in [2.75, 3.05) is 0 Å². The Morgan fingerprint density at radius 1 is 0.929 bits per heavy atom. The zero-order chi connectivity index (χ0) is 19.5. The zero-order valence-corrected chi connectivity index (χ0v) is 15.6. The average molecular weight is 375 g/mol. The Kier molecular flexibility index (Phi) is 4.85. The summed E-state index contributed by atoms with van der Waals surface area (Å²) in [6, 6.07) is 20.9. The summed E-state index contributed by atoms with van der Waals surface area (Å²) >= 11 is 0. The van der Waals surface area contributed by atoms with Crippen LogP contribution in [0.3, 0.4) is 0 Å². The Balaban J connectivity index is 1.64. The maximum Gasteiger partial charge on any atom is 0.329 e. The van der Waals surface area contributed by atoms with Gasteiger partial charge in [0.15, 0.2) is 0 Å². The lowest BCUT2D eigenvalue weighted by Gasteiger charge is -2.22. The van der Waals surface area contributed by atoms with Crippen LogP contribution in [-0.2, 0) is 31.5 Å². The molecule has 0 atom stereocenters. The first-order valence-electron chi connectivity index (χ1n) is 9.12. The lowest BCUT2D eigenvalue weighted by Crippen LogP contribution is -2.36. The van der Waals surface area contributed by atoms with Gasteiger partial charge in [0, 0.05) is 13.6 Å². The van der Waals surface area contributed by atoms with Crippen LogP contribution in [0.2, 0.25) is 0 Å². The topological polar surface area (TPSA) is 60.4 Å². The molecule has 6 heteroatoms. The summed E-state index contributed by atoms with van der Waals surface area (Å²) in [7, 11) is 1.72. The van der Waals surface area contributed by atoms with Gasteiger partial charge < -0.3 is 9.32 Å². The lowest BCUT2D eigenvalue weighted by atomic mass is 10.2. The van der Waals surface area contributed by atoms with Gasteiger partial charge in [-0.2, -0.15) is 0 Å². The molecule has 0 aliphatic rings. The summed E-state index contributed by atoms with van der Waals surface area (Å²) in [5.74, 6) is 0.563. The van der Waals surface area contributed by atoms with E-state index in [9.17, 15) is 9.59 Å². The standard InChI is InChI=1S/C22H21N3O3/c1-23-19-11-5-6-12-20(19)25(22(23)27)16-21(26)24(15-18-10-7-13-28-18)14-17-8-3-2-4-9-17/h2-13H,14-16H2,1H3. The van der Waals surface area contributed by atoms with Crippen LogP contribution in [0.25, 0.3) is 11.0 Å². The molecule has 4 rings (SSSR count). The van der Waals surface area contributed by atoms with Gasteiger partial charge in [-0.05, 0) is 29.8 Å². The van der Waals surface area contributed by atoms with Crippen molar-refractivity contribution in [3.05, 3.63) is 94.8 Å². The SMILES string of the molecule is Cn1c(=O)n(CC(=O)N(Cc2ccccc2)Cc2ccco2)c2ccccc21. The van der Waals surface area contributed by atoms with Crippen LogP contribution in [0.15, 0.2) is 82.2 Å². The minimum atomic E-state index is -0.202. The molecule has 0 N–H and O–H groups in total. The summed E-state index contributed by atoms with van der Waals surface area (Å²) in [4.78, 5) is 27.5. The third-order valence-electron chi connectivity index (χ3n) is 4.84. The maximum atomic E-state index is 13.2. The van der Waals surface area contributed by atoms with Crippen molar-refractivity contribution >= 4 is 16.9 Å². The van der Waals surface area contributed by atoms with E-state index in [0.29, 0.717) is 18.8 Å². The van der Waals surface area contributed by atoms with Crippen molar-refractivity contribution in [2.24, 2.45) is 7.05 Å². The van der Waals surface area contributed by atoms with Gasteiger partial charge in [0.25, 0.3) is 0 Å². The van der Waals surface area contributed by atoms with Crippen molar-refractivity contribution in [3.63, 3.8) is 0 Å². The molecular formula is C22H21N3O3. The average Bonchev–Trinajstić information content (AvgIpc) is 3.31. The molecule has 4 aromatic rings. The molecule has 0 unspecified atom stereocenters. The molecule has 6 nitrogen and oxygen atoms in total. The smallest absolute Gasteiger partial charge is 0.329 e. The molecule has 0 fully saturated rings. The minimum absolute atomic E-state index is 0.0201. The molecule has 0 saturated heterocycles. The fraction of sp³-hybridized carbons (Fsp3) is 0.182. The second-order valence-corrected chi connectivity index (χ2v) is 6.73. The van der Waals surface area contributed by atoms with Crippen LogP contribution >= 0.6 is 0 Å². The predicted octanol–water partition coefficient (Wildman–Crippen LogP) is 3.16. The number of carbonyl (C=O) groups excluding carboxylic acids is 1. The maximum absolute atomic E-state index is 13.2. The van der Waals surface area contributed by atoms with Crippen LogP contribution in [0.5, 0.6) is 0 Å². The number of hydrogen-bond donors (Lipinski definition) is 0. The van der Waals surface area contributed by atoms with E-state index in [0.717, 1.165) is 16.6 Å². The Hall–Kier alpha value is -3.54. The van der Waals surface area contributed by atoms with Crippen LogP contribution in [0.1, 0.15) is 11.3 Å². The number of para-hydroxylation sites is 2. The quantitative estimate of drug-likeness (QED) is 0.520. The van der Waals surface area contributed by atoms with E-state index in [1.807, 2.05) is 60.7 Å². The van der Waals surface area contributed by atoms with Crippen LogP contribution in [0.4, 0.5) is 0 Å². The number of aryl methyl sites for hydroxylation is 1. The first-order valence-corrected chi connectivity index (χ1v) is 9.12. The first kappa shape index (κ1) is 17.9. The van der Waals surface area contributed by atoms with Crippen molar-refractivity contribution in [2.45, 2.75) is 19.6 Å². The van der Waals surface area contributed by atoms with E-state index >= 15 is 0 Å². The zero-order valence-electron chi connectivity index (χ0n) is 15.6. The lowest BCUT2D eigenvalue weighted by molar-refractivity contribution is -0.133. The highest BCUT2D eigenvalue weighted by atomic mass is 16.3. The second kappa shape index (κ2) is 7.60. The van der Waals surface area contributed by atoms with Crippen molar-refractivity contribution < 1.29 is 9.21 Å². The minimum Gasteiger partial charge on any atom is -0.467 e. The van der Waals surface area contributed by atoms with Gasteiger partial charge in [0.05, 0.1) is 23.8 Å².